The molecule has 0 saturated heterocycles. The van der Waals surface area contributed by atoms with Gasteiger partial charge in [-0.25, -0.2) is 15.3 Å². The summed E-state index contributed by atoms with van der Waals surface area (Å²) in [6, 6.07) is 18.9. The first-order valence-corrected chi connectivity index (χ1v) is 13.5. The summed E-state index contributed by atoms with van der Waals surface area (Å²) in [5, 5.41) is 21.4. The maximum atomic E-state index is 5.04. The Bertz CT molecular complexity index is 1350. The predicted molar refractivity (Wildman–Crippen MR) is 143 cm³/mol. The predicted octanol–water partition coefficient (Wildman–Crippen LogP) is 6.32. The molecule has 6 rings (SSSR count). The van der Waals surface area contributed by atoms with Crippen LogP contribution in [0.25, 0.3) is 31.7 Å². The largest absolute Gasteiger partial charge is 0.422 e. The minimum absolute atomic E-state index is 0.365. The molecule has 1 radical (unpaired) electrons. The van der Waals surface area contributed by atoms with Crippen molar-refractivity contribution in [3.8, 4) is 31.7 Å². The van der Waals surface area contributed by atoms with Crippen molar-refractivity contribution in [1.82, 2.24) is 29.1 Å². The van der Waals surface area contributed by atoms with Gasteiger partial charge in [0.1, 0.15) is 0 Å². The van der Waals surface area contributed by atoms with Gasteiger partial charge in [-0.3, -0.25) is 0 Å². The van der Waals surface area contributed by atoms with E-state index in [2.05, 4.69) is 91.5 Å². The van der Waals surface area contributed by atoms with Gasteiger partial charge in [0.15, 0.2) is 0 Å². The van der Waals surface area contributed by atoms with E-state index in [0.717, 1.165) is 48.8 Å². The van der Waals surface area contributed by atoms with E-state index in [4.69, 9.17) is 15.3 Å². The Labute approximate surface area is 209 Å². The van der Waals surface area contributed by atoms with Crippen LogP contribution in [0.3, 0.4) is 0 Å². The molecule has 0 atom stereocenters. The number of aromatic nitrogens is 6. The smallest absolute Gasteiger partial charge is 0.261 e. The zero-order valence-electron chi connectivity index (χ0n) is 18.9. The molecule has 34 heavy (non-hydrogen) atoms. The Morgan fingerprint density at radius 1 is 0.559 bits per heavy atom. The van der Waals surface area contributed by atoms with E-state index in [1.807, 2.05) is 13.8 Å². The SMILES string of the molecule is Cc1cc(-c2cccs2)nn1[B-](n1nc(-c2cccs2)cc1C)n1nc(-c2cccs2)cc1C. The van der Waals surface area contributed by atoms with Gasteiger partial charge in [-0.1, -0.05) is 18.2 Å². The summed E-state index contributed by atoms with van der Waals surface area (Å²) in [4.78, 5) is 3.44. The first-order chi connectivity index (χ1) is 16.6. The van der Waals surface area contributed by atoms with Crippen molar-refractivity contribution in [2.24, 2.45) is 0 Å². The third-order valence-electron chi connectivity index (χ3n) is 5.74. The summed E-state index contributed by atoms with van der Waals surface area (Å²) in [5.74, 6) is 0. The van der Waals surface area contributed by atoms with Gasteiger partial charge in [0.05, 0.1) is 31.7 Å². The Morgan fingerprint density at radius 2 is 0.882 bits per heavy atom. The Hall–Kier alpha value is -3.21. The van der Waals surface area contributed by atoms with Crippen LogP contribution in [0.4, 0.5) is 0 Å². The number of hydrogen-bond acceptors (Lipinski definition) is 6. The van der Waals surface area contributed by atoms with Gasteiger partial charge in [-0.2, -0.15) is 0 Å². The summed E-state index contributed by atoms with van der Waals surface area (Å²) >= 11 is 5.08. The van der Waals surface area contributed by atoms with Gasteiger partial charge in [0, 0.05) is 0 Å². The zero-order chi connectivity index (χ0) is 23.2. The standard InChI is InChI=1S/C24H21BN6S3/c1-16-13-19(22-7-4-10-32-22)26-29(16)25(30-17(2)14-20(27-30)23-8-5-11-33-23)31-18(3)15-21(28-31)24-9-6-12-34-24/h4-15H,1-3H3/q-1. The van der Waals surface area contributed by atoms with Crippen molar-refractivity contribution in [2.45, 2.75) is 20.8 Å². The maximum Gasteiger partial charge on any atom is 0.261 e. The summed E-state index contributed by atoms with van der Waals surface area (Å²) in [6.07, 6.45) is 0. The second-order valence-corrected chi connectivity index (χ2v) is 11.0. The van der Waals surface area contributed by atoms with Gasteiger partial charge in [-0.15, -0.1) is 34.0 Å². The molecule has 0 unspecified atom stereocenters. The topological polar surface area (TPSA) is 53.5 Å². The van der Waals surface area contributed by atoms with Crippen LogP contribution in [0.2, 0.25) is 0 Å². The van der Waals surface area contributed by atoms with E-state index in [9.17, 15) is 0 Å². The monoisotopic (exact) mass is 500 g/mol. The van der Waals surface area contributed by atoms with Crippen molar-refractivity contribution in [3.63, 3.8) is 0 Å². The molecule has 0 aliphatic carbocycles. The average Bonchev–Trinajstić information content (AvgIpc) is 3.64. The molecule has 6 aromatic rings. The van der Waals surface area contributed by atoms with Crippen molar-refractivity contribution in [1.29, 1.82) is 0 Å². The lowest BCUT2D eigenvalue weighted by molar-refractivity contribution is 0.743. The minimum Gasteiger partial charge on any atom is -0.422 e. The van der Waals surface area contributed by atoms with Gasteiger partial charge in [-0.05, 0) is 90.4 Å². The molecule has 0 bridgehead atoms. The fraction of sp³-hybridized carbons (Fsp3) is 0.125. The van der Waals surface area contributed by atoms with Crippen LogP contribution < -0.4 is 0 Å². The molecule has 0 fully saturated rings. The molecule has 6 nitrogen and oxygen atoms in total. The Kier molecular flexibility index (Phi) is 5.36. The molecule has 6 aromatic heterocycles. The quantitative estimate of drug-likeness (QED) is 0.252. The van der Waals surface area contributed by atoms with E-state index < -0.39 is 0 Å². The second kappa shape index (κ2) is 8.54. The van der Waals surface area contributed by atoms with Crippen molar-refractivity contribution in [2.75, 3.05) is 0 Å². The molecular formula is C24H21BN6S3-. The Balaban J connectivity index is 1.54. The van der Waals surface area contributed by atoms with E-state index in [1.165, 1.54) is 0 Å². The fourth-order valence-electron chi connectivity index (χ4n) is 4.11. The highest BCUT2D eigenvalue weighted by atomic mass is 32.1. The average molecular weight is 500 g/mol. The molecule has 0 amide bonds. The highest BCUT2D eigenvalue weighted by Crippen LogP contribution is 2.28. The molecule has 6 heterocycles. The third kappa shape index (κ3) is 3.68. The zero-order valence-corrected chi connectivity index (χ0v) is 21.4. The first kappa shape index (κ1) is 21.3. The van der Waals surface area contributed by atoms with Gasteiger partial charge < -0.3 is 13.8 Å². The highest BCUT2D eigenvalue weighted by molar-refractivity contribution is 7.14. The molecule has 0 aliphatic heterocycles. The van der Waals surface area contributed by atoms with Crippen LogP contribution in [-0.4, -0.2) is 36.2 Å². The summed E-state index contributed by atoms with van der Waals surface area (Å²) < 4.78 is 6.10. The van der Waals surface area contributed by atoms with E-state index in [0.29, 0.717) is 0 Å². The molecule has 0 aliphatic rings. The minimum atomic E-state index is -0.365. The number of nitrogens with zero attached hydrogens (tertiary/aromatic N) is 6. The highest BCUT2D eigenvalue weighted by Gasteiger charge is 2.20. The molecule has 10 heteroatoms. The summed E-state index contributed by atoms with van der Waals surface area (Å²) in [5.41, 5.74) is 6.04. The molecule has 0 aromatic carbocycles. The lowest BCUT2D eigenvalue weighted by atomic mass is 9.93. The van der Waals surface area contributed by atoms with Crippen molar-refractivity contribution in [3.05, 3.63) is 87.8 Å². The van der Waals surface area contributed by atoms with Gasteiger partial charge >= 0.3 is 0 Å². The van der Waals surface area contributed by atoms with E-state index >= 15 is 0 Å². The number of rotatable bonds is 6. The van der Waals surface area contributed by atoms with Crippen LogP contribution in [-0.2, 0) is 0 Å². The molecular weight excluding hydrogens is 479 g/mol. The molecule has 0 saturated carbocycles. The van der Waals surface area contributed by atoms with Gasteiger partial charge in [0.2, 0.25) is 0 Å². The number of hydrogen-bond donors (Lipinski definition) is 0. The van der Waals surface area contributed by atoms with Crippen LogP contribution >= 0.6 is 34.0 Å². The summed E-state index contributed by atoms with van der Waals surface area (Å²) in [6.45, 7) is 6.28. The third-order valence-corrected chi connectivity index (χ3v) is 8.42. The maximum absolute atomic E-state index is 5.04. The second-order valence-electron chi connectivity index (χ2n) is 8.12. The van der Waals surface area contributed by atoms with Crippen LogP contribution in [0, 0.1) is 20.8 Å². The lowest BCUT2D eigenvalue weighted by Gasteiger charge is -2.33. The molecule has 169 valence electrons. The normalized spacial score (nSPS) is 11.6. The summed E-state index contributed by atoms with van der Waals surface area (Å²) in [7, 11) is -0.365. The number of aryl methyl sites for hydroxylation is 3. The van der Waals surface area contributed by atoms with Gasteiger partial charge in [0.25, 0.3) is 7.12 Å². The fourth-order valence-corrected chi connectivity index (χ4v) is 6.15. The molecule has 0 N–H and O–H groups in total. The molecule has 0 spiro atoms. The van der Waals surface area contributed by atoms with Crippen LogP contribution in [0.1, 0.15) is 17.1 Å². The number of thiophene rings is 3. The van der Waals surface area contributed by atoms with E-state index in [-0.39, 0.29) is 7.12 Å². The lowest BCUT2D eigenvalue weighted by Crippen LogP contribution is -2.45. The first-order valence-electron chi connectivity index (χ1n) is 10.9. The van der Waals surface area contributed by atoms with Crippen LogP contribution in [0.5, 0.6) is 0 Å². The van der Waals surface area contributed by atoms with Crippen molar-refractivity contribution >= 4 is 41.1 Å². The van der Waals surface area contributed by atoms with Crippen molar-refractivity contribution < 1.29 is 0 Å². The Morgan fingerprint density at radius 3 is 1.15 bits per heavy atom. The van der Waals surface area contributed by atoms with E-state index in [1.54, 1.807) is 34.0 Å². The van der Waals surface area contributed by atoms with Crippen LogP contribution in [0.15, 0.2) is 70.7 Å².